The van der Waals surface area contributed by atoms with Crippen molar-refractivity contribution in [3.63, 3.8) is 0 Å². The van der Waals surface area contributed by atoms with Gasteiger partial charge in [-0.2, -0.15) is 14.0 Å². The highest BCUT2D eigenvalue weighted by atomic mass is 35.5. The van der Waals surface area contributed by atoms with Crippen molar-refractivity contribution in [1.29, 1.82) is 5.26 Å². The van der Waals surface area contributed by atoms with Gasteiger partial charge in [0, 0.05) is 16.7 Å². The summed E-state index contributed by atoms with van der Waals surface area (Å²) >= 11 is 6.05. The van der Waals surface area contributed by atoms with Gasteiger partial charge in [-0.3, -0.25) is 4.79 Å². The number of hydrogen-bond acceptors (Lipinski definition) is 5. The molecule has 0 spiro atoms. The summed E-state index contributed by atoms with van der Waals surface area (Å²) in [7, 11) is 1.41. The molecule has 2 aromatic carbocycles. The van der Waals surface area contributed by atoms with Gasteiger partial charge in [0.25, 0.3) is 5.91 Å². The third-order valence-electron chi connectivity index (χ3n) is 3.91. The molecule has 0 aromatic heterocycles. The summed E-state index contributed by atoms with van der Waals surface area (Å²) < 4.78 is 40.8. The summed E-state index contributed by atoms with van der Waals surface area (Å²) in [4.78, 5) is 12.6. The summed E-state index contributed by atoms with van der Waals surface area (Å²) in [5, 5.41) is 12.5. The molecule has 9 heteroatoms. The van der Waals surface area contributed by atoms with Crippen LogP contribution in [0.1, 0.15) is 18.1 Å². The van der Waals surface area contributed by atoms with Crippen LogP contribution in [-0.2, 0) is 4.79 Å². The first-order chi connectivity index (χ1) is 14.3. The molecule has 0 aliphatic rings. The van der Waals surface area contributed by atoms with Gasteiger partial charge in [0.1, 0.15) is 17.4 Å². The summed E-state index contributed by atoms with van der Waals surface area (Å²) in [6.45, 7) is 0.531. The van der Waals surface area contributed by atoms with E-state index in [2.05, 4.69) is 10.1 Å². The van der Waals surface area contributed by atoms with Crippen molar-refractivity contribution >= 4 is 29.3 Å². The lowest BCUT2D eigenvalue weighted by Gasteiger charge is -2.14. The Bertz CT molecular complexity index is 1000. The SMILES string of the molecule is CCOc1cccc(/C=C(\C#N)C(=O)Nc2cc(C)c(Cl)cc2OC)c1OC(F)F. The van der Waals surface area contributed by atoms with E-state index < -0.39 is 12.5 Å². The van der Waals surface area contributed by atoms with E-state index in [9.17, 15) is 18.8 Å². The molecule has 0 bridgehead atoms. The van der Waals surface area contributed by atoms with E-state index in [4.69, 9.17) is 21.1 Å². The van der Waals surface area contributed by atoms with Crippen LogP contribution in [0.15, 0.2) is 35.9 Å². The quantitative estimate of drug-likeness (QED) is 0.454. The number of hydrogen-bond donors (Lipinski definition) is 1. The summed E-state index contributed by atoms with van der Waals surface area (Å²) in [6.07, 6.45) is 1.14. The molecule has 0 saturated heterocycles. The zero-order valence-corrected chi connectivity index (χ0v) is 17.2. The number of aryl methyl sites for hydroxylation is 1. The molecule has 0 unspecified atom stereocenters. The van der Waals surface area contributed by atoms with Gasteiger partial charge in [0.2, 0.25) is 0 Å². The zero-order valence-electron chi connectivity index (χ0n) is 16.5. The van der Waals surface area contributed by atoms with Crippen LogP contribution in [0, 0.1) is 18.3 Å². The number of carbonyl (C=O) groups is 1. The van der Waals surface area contributed by atoms with Crippen LogP contribution < -0.4 is 19.5 Å². The van der Waals surface area contributed by atoms with Gasteiger partial charge in [0.05, 0.1) is 19.4 Å². The number of ether oxygens (including phenoxy) is 3. The Morgan fingerprint density at radius 1 is 1.33 bits per heavy atom. The molecule has 2 rings (SSSR count). The third kappa shape index (κ3) is 5.61. The van der Waals surface area contributed by atoms with Gasteiger partial charge in [0.15, 0.2) is 11.5 Å². The number of nitriles is 1. The van der Waals surface area contributed by atoms with Gasteiger partial charge in [-0.25, -0.2) is 0 Å². The molecular formula is C21H19ClF2N2O4. The number of anilines is 1. The molecule has 1 N–H and O–H groups in total. The molecule has 6 nitrogen and oxygen atoms in total. The van der Waals surface area contributed by atoms with Crippen LogP contribution in [0.5, 0.6) is 17.2 Å². The normalized spacial score (nSPS) is 11.1. The Morgan fingerprint density at radius 2 is 2.07 bits per heavy atom. The monoisotopic (exact) mass is 436 g/mol. The van der Waals surface area contributed by atoms with Gasteiger partial charge in [-0.1, -0.05) is 23.7 Å². The van der Waals surface area contributed by atoms with Gasteiger partial charge < -0.3 is 19.5 Å². The smallest absolute Gasteiger partial charge is 0.387 e. The number of alkyl halides is 2. The molecule has 30 heavy (non-hydrogen) atoms. The van der Waals surface area contributed by atoms with Crippen molar-refractivity contribution in [1.82, 2.24) is 0 Å². The second kappa shape index (κ2) is 10.5. The van der Waals surface area contributed by atoms with E-state index in [-0.39, 0.29) is 29.2 Å². The van der Waals surface area contributed by atoms with Crippen LogP contribution >= 0.6 is 11.6 Å². The van der Waals surface area contributed by atoms with Crippen LogP contribution in [0.4, 0.5) is 14.5 Å². The maximum atomic E-state index is 12.9. The van der Waals surface area contributed by atoms with Crippen LogP contribution in [0.3, 0.4) is 0 Å². The molecular weight excluding hydrogens is 418 g/mol. The second-order valence-electron chi connectivity index (χ2n) is 5.91. The van der Waals surface area contributed by atoms with Crippen molar-refractivity contribution in [2.45, 2.75) is 20.5 Å². The molecule has 0 saturated carbocycles. The highest BCUT2D eigenvalue weighted by Crippen LogP contribution is 2.35. The first-order valence-electron chi connectivity index (χ1n) is 8.78. The van der Waals surface area contributed by atoms with E-state index >= 15 is 0 Å². The Labute approximate surface area is 177 Å². The van der Waals surface area contributed by atoms with Gasteiger partial charge in [-0.15, -0.1) is 0 Å². The van der Waals surface area contributed by atoms with Crippen molar-refractivity contribution < 1.29 is 27.8 Å². The van der Waals surface area contributed by atoms with E-state index in [1.807, 2.05) is 0 Å². The lowest BCUT2D eigenvalue weighted by atomic mass is 10.1. The largest absolute Gasteiger partial charge is 0.495 e. The number of nitrogens with zero attached hydrogens (tertiary/aromatic N) is 1. The van der Waals surface area contributed by atoms with Crippen molar-refractivity contribution in [2.24, 2.45) is 0 Å². The summed E-state index contributed by atoms with van der Waals surface area (Å²) in [6, 6.07) is 9.30. The third-order valence-corrected chi connectivity index (χ3v) is 4.32. The minimum Gasteiger partial charge on any atom is -0.495 e. The fraction of sp³-hybridized carbons (Fsp3) is 0.238. The minimum absolute atomic E-state index is 0.0687. The fourth-order valence-corrected chi connectivity index (χ4v) is 2.71. The number of amides is 1. The molecule has 0 atom stereocenters. The molecule has 0 fully saturated rings. The zero-order chi connectivity index (χ0) is 22.3. The predicted octanol–water partition coefficient (Wildman–Crippen LogP) is 5.20. The molecule has 158 valence electrons. The second-order valence-corrected chi connectivity index (χ2v) is 6.32. The molecule has 0 radical (unpaired) electrons. The van der Waals surface area contributed by atoms with Crippen LogP contribution in [-0.4, -0.2) is 26.2 Å². The first kappa shape index (κ1) is 23.0. The maximum absolute atomic E-state index is 12.9. The lowest BCUT2D eigenvalue weighted by Crippen LogP contribution is -2.14. The average molecular weight is 437 g/mol. The van der Waals surface area contributed by atoms with E-state index in [0.717, 1.165) is 6.08 Å². The molecule has 0 heterocycles. The predicted molar refractivity (Wildman–Crippen MR) is 109 cm³/mol. The topological polar surface area (TPSA) is 80.6 Å². The number of nitrogens with one attached hydrogen (secondary N) is 1. The summed E-state index contributed by atoms with van der Waals surface area (Å²) in [5.41, 5.74) is 0.745. The lowest BCUT2D eigenvalue weighted by molar-refractivity contribution is -0.112. The highest BCUT2D eigenvalue weighted by Gasteiger charge is 2.18. The Morgan fingerprint density at radius 3 is 2.67 bits per heavy atom. The van der Waals surface area contributed by atoms with Crippen molar-refractivity contribution in [2.75, 3.05) is 19.0 Å². The Kier molecular flexibility index (Phi) is 8.01. The number of para-hydroxylation sites is 1. The maximum Gasteiger partial charge on any atom is 0.387 e. The first-order valence-corrected chi connectivity index (χ1v) is 9.16. The number of carbonyl (C=O) groups excluding carboxylic acids is 1. The molecule has 2 aromatic rings. The minimum atomic E-state index is -3.11. The Hall–Kier alpha value is -3.31. The highest BCUT2D eigenvalue weighted by molar-refractivity contribution is 6.31. The van der Waals surface area contributed by atoms with Gasteiger partial charge >= 0.3 is 6.61 Å². The summed E-state index contributed by atoms with van der Waals surface area (Å²) in [5.74, 6) is -0.660. The average Bonchev–Trinajstić information content (AvgIpc) is 2.70. The fourth-order valence-electron chi connectivity index (χ4n) is 2.55. The standard InChI is InChI=1S/C21H19ClF2N2O4/c1-4-29-17-7-5-6-13(19(17)30-21(23)24)9-14(11-25)20(27)26-16-8-12(2)15(22)10-18(16)28-3/h5-10,21H,4H2,1-3H3,(H,26,27)/b14-9+. The Balaban J connectivity index is 2.43. The molecule has 0 aliphatic heterocycles. The number of halogens is 3. The van der Waals surface area contributed by atoms with Crippen molar-refractivity contribution in [3.8, 4) is 23.3 Å². The van der Waals surface area contributed by atoms with E-state index in [0.29, 0.717) is 22.0 Å². The van der Waals surface area contributed by atoms with Crippen LogP contribution in [0.2, 0.25) is 5.02 Å². The van der Waals surface area contributed by atoms with E-state index in [1.165, 1.54) is 31.4 Å². The number of benzene rings is 2. The number of methoxy groups -OCH3 is 1. The molecule has 0 aliphatic carbocycles. The van der Waals surface area contributed by atoms with Crippen molar-refractivity contribution in [3.05, 3.63) is 52.1 Å². The van der Waals surface area contributed by atoms with Gasteiger partial charge in [-0.05, 0) is 37.6 Å². The number of rotatable bonds is 8. The van der Waals surface area contributed by atoms with Crippen LogP contribution in [0.25, 0.3) is 6.08 Å². The molecule has 1 amide bonds. The van der Waals surface area contributed by atoms with E-state index in [1.54, 1.807) is 26.0 Å².